The second-order valence-electron chi connectivity index (χ2n) is 30.2. The number of ether oxygens (including phenoxy) is 3. The lowest BCUT2D eigenvalue weighted by atomic mass is 9.99. The highest BCUT2D eigenvalue weighted by atomic mass is 16.5. The SMILES string of the molecule is C=C(CCc1c(C)nc(N2CCOCC2)[nH]c1=O)N1CCC(c2ccccc2)C1.Cc1ccc2c(c1)CCCN2C(=O)CCc1c(C)nc(N2CCOCC2)[nH]c1=O.Cc1nc(-c2ccccc2)[nH]c(=O)c1CCC(=O)N1CC(=O)Nc2ccccc21.Cc1nc(N2CCOCC2)[nH]c(=O)c1CCC(=O)N1c2ccccc2CC1C. The fourth-order valence-electron chi connectivity index (χ4n) is 16.0. The monoisotopic (exact) mass is 1560 g/mol. The standard InChI is InChI=1S/C23H30N4O2.C22H28N4O3.C22H20N4O3.C21H26N4O3/c1-17(27-11-10-20(16-27)19-6-4-3-5-7-19)8-9-21-18(2)24-23(25-22(21)28)26-12-14-29-15-13-26;1-15-5-7-19-17(14-15)4-3-9-26(19)20(27)8-6-18-16(2)23-22(24-21(18)28)25-10-12-29-13-11-25;1-14-16(22(29)25-21(23-14)15-7-3-2-4-8-15)11-12-20(28)26-13-19(27)24-17-9-5-6-10-18(17)26;1-14-13-16-5-3-4-6-18(16)25(14)19(26)8-7-17-15(2)22-21(23-20(17)27)24-9-11-28-12-10-24/h3-7,20H,1,8-16H2,2H3,(H,24,25,28);5,7,14H,3-4,6,8-13H2,1-2H3,(H,23,24,28);2-10H,11-13H2,1H3,(H,24,27)(H,23,25,29);3-6,14H,7-13H2,1-2H3,(H,22,23,27). The molecule has 9 aromatic rings. The highest BCUT2D eigenvalue weighted by Gasteiger charge is 2.33. The van der Waals surface area contributed by atoms with E-state index in [1.54, 1.807) is 25.1 Å². The molecular weight excluding hydrogens is 1460 g/mol. The number of H-pyrrole nitrogens is 4. The Labute approximate surface area is 669 Å². The van der Waals surface area contributed by atoms with E-state index in [-0.39, 0.29) is 71.3 Å². The minimum atomic E-state index is -0.249. The average molecular weight is 1560 g/mol. The lowest BCUT2D eigenvalue weighted by molar-refractivity contribution is -0.121. The van der Waals surface area contributed by atoms with E-state index in [2.05, 4.69) is 118 Å². The van der Waals surface area contributed by atoms with Gasteiger partial charge in [0.1, 0.15) is 12.4 Å². The number of carbonyl (C=O) groups is 4. The normalized spacial score (nSPS) is 17.0. The predicted molar refractivity (Wildman–Crippen MR) is 447 cm³/mol. The van der Waals surface area contributed by atoms with Gasteiger partial charge in [-0.15, -0.1) is 0 Å². The number of carbonyl (C=O) groups excluding carboxylic acids is 4. The Hall–Kier alpha value is -11.7. The van der Waals surface area contributed by atoms with Crippen LogP contribution in [0.5, 0.6) is 0 Å². The van der Waals surface area contributed by atoms with Crippen molar-refractivity contribution in [3.63, 3.8) is 0 Å². The number of aromatic amines is 4. The number of aromatic nitrogens is 8. The molecule has 4 saturated heterocycles. The molecule has 4 amide bonds. The number of likely N-dealkylation sites (tertiary alicyclic amines) is 1. The van der Waals surface area contributed by atoms with Crippen LogP contribution < -0.4 is 57.0 Å². The molecule has 27 nitrogen and oxygen atoms in total. The topological polar surface area (TPSA) is 314 Å². The van der Waals surface area contributed by atoms with Crippen molar-refractivity contribution in [2.45, 2.75) is 131 Å². The first kappa shape index (κ1) is 81.3. The number of hydrogen-bond donors (Lipinski definition) is 5. The highest BCUT2D eigenvalue weighted by molar-refractivity contribution is 6.10. The van der Waals surface area contributed by atoms with Crippen LogP contribution in [-0.4, -0.2) is 180 Å². The molecule has 602 valence electrons. The molecular formula is C88H104N16O11. The third kappa shape index (κ3) is 20.1. The first-order valence-electron chi connectivity index (χ1n) is 40.1. The van der Waals surface area contributed by atoms with Gasteiger partial charge in [-0.05, 0) is 140 Å². The molecule has 2 atom stereocenters. The quantitative estimate of drug-likeness (QED) is 0.0534. The molecule has 0 spiro atoms. The van der Waals surface area contributed by atoms with Crippen molar-refractivity contribution < 1.29 is 33.4 Å². The van der Waals surface area contributed by atoms with Gasteiger partial charge < -0.3 is 58.8 Å². The number of hydrogen-bond acceptors (Lipinski definition) is 19. The summed E-state index contributed by atoms with van der Waals surface area (Å²) in [6.45, 7) is 26.8. The summed E-state index contributed by atoms with van der Waals surface area (Å²) >= 11 is 0. The van der Waals surface area contributed by atoms with Crippen LogP contribution in [-0.2, 0) is 71.9 Å². The van der Waals surface area contributed by atoms with Crippen molar-refractivity contribution in [3.8, 4) is 11.4 Å². The highest BCUT2D eigenvalue weighted by Crippen LogP contribution is 2.35. The molecule has 2 unspecified atom stereocenters. The van der Waals surface area contributed by atoms with Crippen LogP contribution >= 0.6 is 0 Å². The summed E-state index contributed by atoms with van der Waals surface area (Å²) < 4.78 is 16.1. The molecule has 11 heterocycles. The van der Waals surface area contributed by atoms with Crippen molar-refractivity contribution in [1.29, 1.82) is 0 Å². The predicted octanol–water partition coefficient (Wildman–Crippen LogP) is 9.47. The molecule has 0 saturated carbocycles. The average Bonchev–Trinajstić information content (AvgIpc) is 1.78. The van der Waals surface area contributed by atoms with Crippen molar-refractivity contribution in [2.75, 3.05) is 140 Å². The maximum absolute atomic E-state index is 12.9. The molecule has 115 heavy (non-hydrogen) atoms. The summed E-state index contributed by atoms with van der Waals surface area (Å²) in [4.78, 5) is 145. The maximum Gasteiger partial charge on any atom is 0.255 e. The van der Waals surface area contributed by atoms with E-state index in [0.717, 1.165) is 98.7 Å². The van der Waals surface area contributed by atoms with Gasteiger partial charge in [0.25, 0.3) is 22.2 Å². The van der Waals surface area contributed by atoms with Gasteiger partial charge in [-0.3, -0.25) is 53.3 Å². The van der Waals surface area contributed by atoms with Crippen LogP contribution in [0.25, 0.3) is 11.4 Å². The molecule has 5 N–H and O–H groups in total. The summed E-state index contributed by atoms with van der Waals surface area (Å²) in [6, 6.07) is 41.7. The third-order valence-electron chi connectivity index (χ3n) is 22.4. The number of fused-ring (bicyclic) bond motifs is 3. The zero-order valence-corrected chi connectivity index (χ0v) is 66.7. The number of morpholine rings is 3. The maximum atomic E-state index is 12.9. The molecule has 7 aliphatic rings. The Balaban J connectivity index is 0.000000134. The van der Waals surface area contributed by atoms with Crippen LogP contribution in [0, 0.1) is 34.6 Å². The van der Waals surface area contributed by atoms with E-state index in [1.807, 2.05) is 107 Å². The van der Waals surface area contributed by atoms with E-state index in [9.17, 15) is 38.4 Å². The molecule has 4 aromatic heterocycles. The third-order valence-corrected chi connectivity index (χ3v) is 22.4. The molecule has 4 fully saturated rings. The zero-order valence-electron chi connectivity index (χ0n) is 66.7. The van der Waals surface area contributed by atoms with Gasteiger partial charge in [-0.1, -0.05) is 115 Å². The molecule has 0 radical (unpaired) electrons. The Kier molecular flexibility index (Phi) is 26.9. The lowest BCUT2D eigenvalue weighted by Crippen LogP contribution is -2.42. The zero-order chi connectivity index (χ0) is 80.7. The summed E-state index contributed by atoms with van der Waals surface area (Å²) in [7, 11) is 0. The smallest absolute Gasteiger partial charge is 0.255 e. The second-order valence-corrected chi connectivity index (χ2v) is 30.2. The van der Waals surface area contributed by atoms with E-state index >= 15 is 0 Å². The lowest BCUT2D eigenvalue weighted by Gasteiger charge is -2.30. The summed E-state index contributed by atoms with van der Waals surface area (Å²) in [5.41, 5.74) is 14.9. The minimum Gasteiger partial charge on any atom is -0.378 e. The van der Waals surface area contributed by atoms with Crippen molar-refractivity contribution >= 4 is 64.2 Å². The van der Waals surface area contributed by atoms with Gasteiger partial charge in [0.05, 0.1) is 51.0 Å². The number of allylic oxidation sites excluding steroid dienone is 1. The number of anilines is 7. The Morgan fingerprint density at radius 1 is 0.478 bits per heavy atom. The van der Waals surface area contributed by atoms with Gasteiger partial charge in [0, 0.05) is 158 Å². The first-order chi connectivity index (χ1) is 55.7. The number of aryl methyl sites for hydroxylation is 6. The molecule has 5 aromatic carbocycles. The van der Waals surface area contributed by atoms with Crippen LogP contribution in [0.2, 0.25) is 0 Å². The van der Waals surface area contributed by atoms with Crippen molar-refractivity contribution in [1.82, 2.24) is 44.8 Å². The fourth-order valence-corrected chi connectivity index (χ4v) is 16.0. The Morgan fingerprint density at radius 3 is 1.49 bits per heavy atom. The molecule has 0 aliphatic carbocycles. The summed E-state index contributed by atoms with van der Waals surface area (Å²) in [5.74, 6) is 2.56. The van der Waals surface area contributed by atoms with E-state index < -0.39 is 0 Å². The molecule has 16 rings (SSSR count). The van der Waals surface area contributed by atoms with Gasteiger partial charge >= 0.3 is 0 Å². The van der Waals surface area contributed by atoms with Crippen LogP contribution in [0.4, 0.5) is 40.6 Å². The van der Waals surface area contributed by atoms with Crippen molar-refractivity contribution in [2.24, 2.45) is 0 Å². The van der Waals surface area contributed by atoms with Gasteiger partial charge in [0.15, 0.2) is 0 Å². The van der Waals surface area contributed by atoms with E-state index in [4.69, 9.17) is 14.2 Å². The van der Waals surface area contributed by atoms with Gasteiger partial charge in [-0.2, -0.15) is 0 Å². The second kappa shape index (κ2) is 38.0. The van der Waals surface area contributed by atoms with Crippen LogP contribution in [0.3, 0.4) is 0 Å². The van der Waals surface area contributed by atoms with Crippen molar-refractivity contribution in [3.05, 3.63) is 248 Å². The molecule has 7 aliphatic heterocycles. The Morgan fingerprint density at radius 2 is 0.948 bits per heavy atom. The molecule has 0 bridgehead atoms. The van der Waals surface area contributed by atoms with Crippen LogP contribution in [0.15, 0.2) is 159 Å². The number of amides is 4. The fraction of sp³-hybridized carbons (Fsp3) is 0.409. The molecule has 27 heteroatoms. The van der Waals surface area contributed by atoms with Crippen LogP contribution in [0.1, 0.15) is 119 Å². The number of nitrogens with one attached hydrogen (secondary N) is 5. The minimum absolute atomic E-state index is 0.0314. The summed E-state index contributed by atoms with van der Waals surface area (Å²) in [5, 5.41) is 2.76. The number of benzene rings is 5. The van der Waals surface area contributed by atoms with E-state index in [0.29, 0.717) is 173 Å². The first-order valence-corrected chi connectivity index (χ1v) is 40.1. The van der Waals surface area contributed by atoms with E-state index in [1.165, 1.54) is 27.2 Å². The Bertz CT molecular complexity index is 5220. The number of para-hydroxylation sites is 3. The van der Waals surface area contributed by atoms with Gasteiger partial charge in [-0.25, -0.2) is 19.9 Å². The summed E-state index contributed by atoms with van der Waals surface area (Å²) in [6.07, 6.45) is 7.19. The number of nitrogens with zero attached hydrogens (tertiary/aromatic N) is 11. The van der Waals surface area contributed by atoms with Gasteiger partial charge in [0.2, 0.25) is 41.5 Å². The number of rotatable bonds is 18. The largest absolute Gasteiger partial charge is 0.378 e.